The van der Waals surface area contributed by atoms with Gasteiger partial charge in [0.2, 0.25) is 0 Å². The number of benzene rings is 2. The molecule has 2 aromatic carbocycles. The molecule has 0 spiro atoms. The average molecular weight is 305 g/mol. The summed E-state index contributed by atoms with van der Waals surface area (Å²) in [5.41, 5.74) is 3.33. The summed E-state index contributed by atoms with van der Waals surface area (Å²) in [6.45, 7) is 0. The molecular weight excluding hydrogens is 290 g/mol. The maximum absolute atomic E-state index is 12.2. The number of para-hydroxylation sites is 1. The molecule has 5 nitrogen and oxygen atoms in total. The van der Waals surface area contributed by atoms with Crippen molar-refractivity contribution < 1.29 is 9.53 Å². The van der Waals surface area contributed by atoms with E-state index >= 15 is 0 Å². The lowest BCUT2D eigenvalue weighted by atomic mass is 10.2. The quantitative estimate of drug-likeness (QED) is 0.751. The smallest absolute Gasteiger partial charge is 0.356 e. The summed E-state index contributed by atoms with van der Waals surface area (Å²) in [5, 5.41) is 13.2. The van der Waals surface area contributed by atoms with Crippen molar-refractivity contribution in [1.29, 1.82) is 5.26 Å². The first-order valence-electron chi connectivity index (χ1n) is 7.08. The monoisotopic (exact) mass is 305 g/mol. The number of methoxy groups -OCH3 is 1. The Labute approximate surface area is 133 Å². The molecule has 5 heteroatoms. The van der Waals surface area contributed by atoms with Crippen LogP contribution in [0.2, 0.25) is 0 Å². The predicted molar refractivity (Wildman–Crippen MR) is 88.7 cm³/mol. The molecule has 0 atom stereocenters. The number of esters is 1. The number of nitriles is 1. The number of fused-ring (bicyclic) bond motifs is 1. The van der Waals surface area contributed by atoms with Crippen molar-refractivity contribution in [2.45, 2.75) is 0 Å². The van der Waals surface area contributed by atoms with Crippen molar-refractivity contribution in [2.24, 2.45) is 7.05 Å². The zero-order valence-electron chi connectivity index (χ0n) is 12.8. The van der Waals surface area contributed by atoms with Crippen LogP contribution in [0.5, 0.6) is 0 Å². The van der Waals surface area contributed by atoms with Crippen molar-refractivity contribution in [3.05, 3.63) is 59.8 Å². The lowest BCUT2D eigenvalue weighted by Crippen LogP contribution is -2.09. The van der Waals surface area contributed by atoms with Crippen molar-refractivity contribution in [3.8, 4) is 6.07 Å². The summed E-state index contributed by atoms with van der Waals surface area (Å²) in [6, 6.07) is 16.9. The van der Waals surface area contributed by atoms with Gasteiger partial charge in [0.25, 0.3) is 0 Å². The number of aryl methyl sites for hydroxylation is 1. The SMILES string of the molecule is COC(=O)c1c(Nc2cccc(C#N)c2)c2ccccc2n1C. The summed E-state index contributed by atoms with van der Waals surface area (Å²) in [7, 11) is 3.19. The zero-order valence-corrected chi connectivity index (χ0v) is 12.8. The van der Waals surface area contributed by atoms with Gasteiger partial charge in [0.05, 0.1) is 29.9 Å². The Balaban J connectivity index is 2.19. The lowest BCUT2D eigenvalue weighted by Gasteiger charge is -2.09. The van der Waals surface area contributed by atoms with Crippen LogP contribution in [0.1, 0.15) is 16.1 Å². The van der Waals surface area contributed by atoms with Crippen LogP contribution >= 0.6 is 0 Å². The van der Waals surface area contributed by atoms with Gasteiger partial charge in [0.15, 0.2) is 5.69 Å². The number of carbonyl (C=O) groups excluding carboxylic acids is 1. The number of rotatable bonds is 3. The lowest BCUT2D eigenvalue weighted by molar-refractivity contribution is 0.0591. The van der Waals surface area contributed by atoms with E-state index in [1.165, 1.54) is 7.11 Å². The molecule has 114 valence electrons. The summed E-state index contributed by atoms with van der Waals surface area (Å²) >= 11 is 0. The molecule has 0 saturated heterocycles. The zero-order chi connectivity index (χ0) is 16.4. The highest BCUT2D eigenvalue weighted by molar-refractivity contribution is 6.07. The van der Waals surface area contributed by atoms with Crippen molar-refractivity contribution >= 4 is 28.2 Å². The molecule has 0 aliphatic carbocycles. The van der Waals surface area contributed by atoms with E-state index in [2.05, 4.69) is 11.4 Å². The van der Waals surface area contributed by atoms with Crippen LogP contribution < -0.4 is 5.32 Å². The van der Waals surface area contributed by atoms with E-state index in [-0.39, 0.29) is 0 Å². The summed E-state index contributed by atoms with van der Waals surface area (Å²) in [4.78, 5) is 12.2. The third-order valence-electron chi connectivity index (χ3n) is 3.75. The van der Waals surface area contributed by atoms with E-state index in [9.17, 15) is 4.79 Å². The Bertz CT molecular complexity index is 935. The van der Waals surface area contributed by atoms with Crippen LogP contribution in [-0.4, -0.2) is 17.6 Å². The second kappa shape index (κ2) is 5.85. The first kappa shape index (κ1) is 14.7. The van der Waals surface area contributed by atoms with E-state index in [4.69, 9.17) is 10.00 Å². The number of hydrogen-bond acceptors (Lipinski definition) is 4. The molecule has 23 heavy (non-hydrogen) atoms. The number of ether oxygens (including phenoxy) is 1. The largest absolute Gasteiger partial charge is 0.464 e. The van der Waals surface area contributed by atoms with Gasteiger partial charge >= 0.3 is 5.97 Å². The minimum atomic E-state index is -0.414. The molecule has 0 unspecified atom stereocenters. The van der Waals surface area contributed by atoms with Gasteiger partial charge < -0.3 is 14.6 Å². The fourth-order valence-electron chi connectivity index (χ4n) is 2.67. The average Bonchev–Trinajstić information content (AvgIpc) is 2.87. The van der Waals surface area contributed by atoms with Gasteiger partial charge in [-0.05, 0) is 24.3 Å². The molecular formula is C18H15N3O2. The van der Waals surface area contributed by atoms with E-state index < -0.39 is 5.97 Å². The van der Waals surface area contributed by atoms with Crippen molar-refractivity contribution in [2.75, 3.05) is 12.4 Å². The molecule has 0 bridgehead atoms. The summed E-state index contributed by atoms with van der Waals surface area (Å²) in [6.07, 6.45) is 0. The van der Waals surface area contributed by atoms with Crippen LogP contribution in [-0.2, 0) is 11.8 Å². The highest BCUT2D eigenvalue weighted by atomic mass is 16.5. The van der Waals surface area contributed by atoms with Gasteiger partial charge in [0, 0.05) is 18.1 Å². The second-order valence-corrected chi connectivity index (χ2v) is 5.11. The van der Waals surface area contributed by atoms with Gasteiger partial charge in [0.1, 0.15) is 0 Å². The molecule has 0 radical (unpaired) electrons. The van der Waals surface area contributed by atoms with E-state index in [0.717, 1.165) is 16.6 Å². The highest BCUT2D eigenvalue weighted by Gasteiger charge is 2.21. The molecule has 1 N–H and O–H groups in total. The Hall–Kier alpha value is -3.26. The Morgan fingerprint density at radius 3 is 2.74 bits per heavy atom. The first-order chi connectivity index (χ1) is 11.2. The van der Waals surface area contributed by atoms with Gasteiger partial charge in [-0.3, -0.25) is 0 Å². The van der Waals surface area contributed by atoms with Gasteiger partial charge in [-0.1, -0.05) is 24.3 Å². The van der Waals surface area contributed by atoms with E-state index in [0.29, 0.717) is 16.9 Å². The molecule has 3 aromatic rings. The Morgan fingerprint density at radius 1 is 1.22 bits per heavy atom. The molecule has 0 saturated carbocycles. The fourth-order valence-corrected chi connectivity index (χ4v) is 2.67. The third kappa shape index (κ3) is 2.51. The maximum Gasteiger partial charge on any atom is 0.356 e. The minimum absolute atomic E-state index is 0.414. The summed E-state index contributed by atoms with van der Waals surface area (Å²) < 4.78 is 6.72. The van der Waals surface area contributed by atoms with Crippen LogP contribution in [0, 0.1) is 11.3 Å². The van der Waals surface area contributed by atoms with Crippen LogP contribution in [0.15, 0.2) is 48.5 Å². The molecule has 3 rings (SSSR count). The van der Waals surface area contributed by atoms with Crippen LogP contribution in [0.4, 0.5) is 11.4 Å². The van der Waals surface area contributed by atoms with Gasteiger partial charge in [-0.2, -0.15) is 5.26 Å². The molecule has 0 amide bonds. The highest BCUT2D eigenvalue weighted by Crippen LogP contribution is 2.33. The third-order valence-corrected chi connectivity index (χ3v) is 3.75. The topological polar surface area (TPSA) is 67.0 Å². The number of aromatic nitrogens is 1. The normalized spacial score (nSPS) is 10.3. The van der Waals surface area contributed by atoms with Gasteiger partial charge in [-0.15, -0.1) is 0 Å². The maximum atomic E-state index is 12.2. The van der Waals surface area contributed by atoms with Crippen LogP contribution in [0.25, 0.3) is 10.9 Å². The number of hydrogen-bond donors (Lipinski definition) is 1. The number of anilines is 2. The number of nitrogens with one attached hydrogen (secondary N) is 1. The number of carbonyl (C=O) groups is 1. The molecule has 0 aliphatic rings. The fraction of sp³-hybridized carbons (Fsp3) is 0.111. The molecule has 1 aromatic heterocycles. The Kier molecular flexibility index (Phi) is 3.73. The van der Waals surface area contributed by atoms with Crippen molar-refractivity contribution in [1.82, 2.24) is 4.57 Å². The standard InChI is InChI=1S/C18H15N3O2/c1-21-15-9-4-3-8-14(15)16(17(21)18(22)23-2)20-13-7-5-6-12(10-13)11-19/h3-10,20H,1-2H3. The first-order valence-corrected chi connectivity index (χ1v) is 7.08. The van der Waals surface area contributed by atoms with E-state index in [1.807, 2.05) is 37.4 Å². The predicted octanol–water partition coefficient (Wildman–Crippen LogP) is 3.58. The molecule has 0 aliphatic heterocycles. The second-order valence-electron chi connectivity index (χ2n) is 5.11. The Morgan fingerprint density at radius 2 is 2.00 bits per heavy atom. The summed E-state index contributed by atoms with van der Waals surface area (Å²) in [5.74, 6) is -0.414. The molecule has 1 heterocycles. The molecule has 0 fully saturated rings. The minimum Gasteiger partial charge on any atom is -0.464 e. The van der Waals surface area contributed by atoms with Crippen LogP contribution in [0.3, 0.4) is 0 Å². The van der Waals surface area contributed by atoms with E-state index in [1.54, 1.807) is 22.8 Å². The van der Waals surface area contributed by atoms with Gasteiger partial charge in [-0.25, -0.2) is 4.79 Å². The van der Waals surface area contributed by atoms with Crippen molar-refractivity contribution in [3.63, 3.8) is 0 Å². The number of nitrogens with zero attached hydrogens (tertiary/aromatic N) is 2.